The molecule has 0 heterocycles. The summed E-state index contributed by atoms with van der Waals surface area (Å²) in [6, 6.07) is 12.8. The quantitative estimate of drug-likeness (QED) is 0.878. The minimum Gasteiger partial charge on any atom is -0.496 e. The highest BCUT2D eigenvalue weighted by Gasteiger charge is 2.23. The molecule has 0 saturated carbocycles. The predicted octanol–water partition coefficient (Wildman–Crippen LogP) is 3.08. The third kappa shape index (κ3) is 3.65. The van der Waals surface area contributed by atoms with Crippen molar-refractivity contribution in [3.63, 3.8) is 0 Å². The molecule has 3 rings (SSSR count). The Bertz CT molecular complexity index is 800. The summed E-state index contributed by atoms with van der Waals surface area (Å²) in [6.07, 6.45) is 1.18. The van der Waals surface area contributed by atoms with E-state index >= 15 is 0 Å². The van der Waals surface area contributed by atoms with Crippen LogP contribution in [0.25, 0.3) is 0 Å². The summed E-state index contributed by atoms with van der Waals surface area (Å²) in [5.41, 5.74) is 2.52. The van der Waals surface area contributed by atoms with Crippen molar-refractivity contribution in [2.75, 3.05) is 13.7 Å². The molecule has 2 aromatic rings. The molecule has 130 valence electrons. The van der Waals surface area contributed by atoms with Gasteiger partial charge in [-0.2, -0.15) is 0 Å². The highest BCUT2D eigenvalue weighted by atomic mass is 16.5. The molecule has 2 aromatic carbocycles. The second-order valence-electron chi connectivity index (χ2n) is 6.03. The molecule has 1 N–H and O–H groups in total. The van der Waals surface area contributed by atoms with E-state index < -0.39 is 0 Å². The molecule has 0 bridgehead atoms. The van der Waals surface area contributed by atoms with Gasteiger partial charge in [-0.25, -0.2) is 0 Å². The zero-order chi connectivity index (χ0) is 17.8. The van der Waals surface area contributed by atoms with Crippen LogP contribution < -0.4 is 14.8 Å². The largest absolute Gasteiger partial charge is 0.496 e. The van der Waals surface area contributed by atoms with Gasteiger partial charge in [0.25, 0.3) is 5.91 Å². The molecule has 0 fully saturated rings. The molecular formula is C20H21NO4. The van der Waals surface area contributed by atoms with Crippen molar-refractivity contribution in [3.8, 4) is 11.5 Å². The number of fused-ring (bicyclic) bond motifs is 1. The maximum absolute atomic E-state index is 12.2. The molecule has 5 nitrogen and oxygen atoms in total. The van der Waals surface area contributed by atoms with Gasteiger partial charge in [-0.05, 0) is 25.5 Å². The number of para-hydroxylation sites is 1. The van der Waals surface area contributed by atoms with Crippen LogP contribution in [-0.2, 0) is 11.2 Å². The van der Waals surface area contributed by atoms with E-state index in [-0.39, 0.29) is 24.3 Å². The van der Waals surface area contributed by atoms with Crippen LogP contribution in [0.3, 0.4) is 0 Å². The van der Waals surface area contributed by atoms with E-state index in [0.29, 0.717) is 24.2 Å². The maximum Gasteiger partial charge on any atom is 0.258 e. The predicted molar refractivity (Wildman–Crippen MR) is 94.1 cm³/mol. The van der Waals surface area contributed by atoms with Crippen LogP contribution in [0.4, 0.5) is 0 Å². The van der Waals surface area contributed by atoms with Crippen LogP contribution in [0, 0.1) is 0 Å². The molecular weight excluding hydrogens is 318 g/mol. The molecule has 25 heavy (non-hydrogen) atoms. The number of hydrogen-bond donors (Lipinski definition) is 1. The Hall–Kier alpha value is -2.82. The van der Waals surface area contributed by atoms with Gasteiger partial charge in [0.15, 0.2) is 12.4 Å². The molecule has 0 spiro atoms. The van der Waals surface area contributed by atoms with Crippen molar-refractivity contribution in [2.45, 2.75) is 25.8 Å². The Labute approximate surface area is 147 Å². The third-order valence-corrected chi connectivity index (χ3v) is 4.38. The summed E-state index contributed by atoms with van der Waals surface area (Å²) in [7, 11) is 1.60. The van der Waals surface area contributed by atoms with E-state index in [1.807, 2.05) is 31.2 Å². The zero-order valence-electron chi connectivity index (χ0n) is 14.4. The Morgan fingerprint density at radius 1 is 1.12 bits per heavy atom. The first-order chi connectivity index (χ1) is 12.1. The molecule has 1 atom stereocenters. The number of carbonyl (C=O) groups is 2. The van der Waals surface area contributed by atoms with Crippen LogP contribution in [0.1, 0.15) is 40.9 Å². The van der Waals surface area contributed by atoms with Gasteiger partial charge >= 0.3 is 0 Å². The SMILES string of the molecule is COc1ccccc1[C@@H](C)NC(=O)COc1cccc2c1CCC2=O. The third-order valence-electron chi connectivity index (χ3n) is 4.38. The summed E-state index contributed by atoms with van der Waals surface area (Å²) < 4.78 is 11.0. The lowest BCUT2D eigenvalue weighted by molar-refractivity contribution is -0.123. The number of Topliss-reactive ketones (excluding diaryl/α,β-unsaturated/α-hetero) is 1. The Kier molecular flexibility index (Phi) is 5.03. The van der Waals surface area contributed by atoms with Crippen LogP contribution in [0.15, 0.2) is 42.5 Å². The first-order valence-corrected chi connectivity index (χ1v) is 8.30. The lowest BCUT2D eigenvalue weighted by atomic mass is 10.1. The van der Waals surface area contributed by atoms with Crippen molar-refractivity contribution in [2.24, 2.45) is 0 Å². The Morgan fingerprint density at radius 3 is 2.68 bits per heavy atom. The second-order valence-corrected chi connectivity index (χ2v) is 6.03. The van der Waals surface area contributed by atoms with E-state index in [9.17, 15) is 9.59 Å². The second kappa shape index (κ2) is 7.38. The fraction of sp³-hybridized carbons (Fsp3) is 0.300. The van der Waals surface area contributed by atoms with Gasteiger partial charge in [0.2, 0.25) is 0 Å². The molecule has 0 radical (unpaired) electrons. The number of rotatable bonds is 6. The molecule has 0 unspecified atom stereocenters. The fourth-order valence-electron chi connectivity index (χ4n) is 3.12. The average Bonchev–Trinajstić information content (AvgIpc) is 3.01. The number of hydrogen-bond acceptors (Lipinski definition) is 4. The summed E-state index contributed by atoms with van der Waals surface area (Å²) in [5, 5.41) is 2.91. The molecule has 0 saturated heterocycles. The monoisotopic (exact) mass is 339 g/mol. The van der Waals surface area contributed by atoms with Crippen LogP contribution in [0.2, 0.25) is 0 Å². The van der Waals surface area contributed by atoms with Gasteiger partial charge in [-0.3, -0.25) is 9.59 Å². The van der Waals surface area contributed by atoms with Crippen molar-refractivity contribution in [1.29, 1.82) is 0 Å². The summed E-state index contributed by atoms with van der Waals surface area (Å²) in [4.78, 5) is 24.0. The number of nitrogens with one attached hydrogen (secondary N) is 1. The summed E-state index contributed by atoms with van der Waals surface area (Å²) >= 11 is 0. The van der Waals surface area contributed by atoms with E-state index in [1.165, 1.54) is 0 Å². The van der Waals surface area contributed by atoms with Gasteiger partial charge in [0, 0.05) is 23.1 Å². The summed E-state index contributed by atoms with van der Waals surface area (Å²) in [6.45, 7) is 1.80. The topological polar surface area (TPSA) is 64.6 Å². The van der Waals surface area contributed by atoms with Crippen molar-refractivity contribution in [1.82, 2.24) is 5.32 Å². The maximum atomic E-state index is 12.2. The van der Waals surface area contributed by atoms with Crippen molar-refractivity contribution < 1.29 is 19.1 Å². The van der Waals surface area contributed by atoms with Crippen LogP contribution >= 0.6 is 0 Å². The van der Waals surface area contributed by atoms with E-state index in [1.54, 1.807) is 25.3 Å². The highest BCUT2D eigenvalue weighted by molar-refractivity contribution is 6.01. The fourth-order valence-corrected chi connectivity index (χ4v) is 3.12. The van der Waals surface area contributed by atoms with Gasteiger partial charge in [-0.1, -0.05) is 30.3 Å². The smallest absolute Gasteiger partial charge is 0.258 e. The number of benzene rings is 2. The van der Waals surface area contributed by atoms with E-state index in [2.05, 4.69) is 5.32 Å². The Balaban J connectivity index is 1.61. The lowest BCUT2D eigenvalue weighted by Crippen LogP contribution is -2.31. The molecule has 1 aliphatic carbocycles. The normalized spacial score (nSPS) is 13.9. The molecule has 1 aliphatic rings. The molecule has 0 aliphatic heterocycles. The molecule has 0 aromatic heterocycles. The molecule has 5 heteroatoms. The van der Waals surface area contributed by atoms with E-state index in [4.69, 9.17) is 9.47 Å². The number of carbonyl (C=O) groups excluding carboxylic acids is 2. The van der Waals surface area contributed by atoms with Crippen molar-refractivity contribution >= 4 is 11.7 Å². The minimum absolute atomic E-state index is 0.0931. The van der Waals surface area contributed by atoms with Gasteiger partial charge < -0.3 is 14.8 Å². The zero-order valence-corrected chi connectivity index (χ0v) is 14.4. The lowest BCUT2D eigenvalue weighted by Gasteiger charge is -2.17. The molecule has 1 amide bonds. The number of ketones is 1. The van der Waals surface area contributed by atoms with Crippen LogP contribution in [-0.4, -0.2) is 25.4 Å². The van der Waals surface area contributed by atoms with Crippen LogP contribution in [0.5, 0.6) is 11.5 Å². The van der Waals surface area contributed by atoms with Crippen molar-refractivity contribution in [3.05, 3.63) is 59.2 Å². The summed E-state index contributed by atoms with van der Waals surface area (Å²) in [5.74, 6) is 1.26. The highest BCUT2D eigenvalue weighted by Crippen LogP contribution is 2.30. The standard InChI is InChI=1S/C20H21NO4/c1-13(14-6-3-4-8-18(14)24-2)21-20(23)12-25-19-9-5-7-15-16(19)10-11-17(15)22/h3-9,13H,10-12H2,1-2H3,(H,21,23)/t13-/m1/s1. The first-order valence-electron chi connectivity index (χ1n) is 8.30. The first kappa shape index (κ1) is 17.0. The van der Waals surface area contributed by atoms with Gasteiger partial charge in [-0.15, -0.1) is 0 Å². The van der Waals surface area contributed by atoms with E-state index in [0.717, 1.165) is 16.9 Å². The Morgan fingerprint density at radius 2 is 1.88 bits per heavy atom. The number of amides is 1. The number of methoxy groups -OCH3 is 1. The average molecular weight is 339 g/mol. The van der Waals surface area contributed by atoms with Gasteiger partial charge in [0.1, 0.15) is 11.5 Å². The van der Waals surface area contributed by atoms with Gasteiger partial charge in [0.05, 0.1) is 13.2 Å². The number of ether oxygens (including phenoxy) is 2. The minimum atomic E-state index is -0.222.